The van der Waals surface area contributed by atoms with Crippen LogP contribution in [0.2, 0.25) is 0 Å². The fourth-order valence-corrected chi connectivity index (χ4v) is 1.96. The van der Waals surface area contributed by atoms with Gasteiger partial charge in [0.2, 0.25) is 0 Å². The molecule has 1 aromatic carbocycles. The SMILES string of the molecule is CSc1ccccc1[C@@H](N)C(C)C. The summed E-state index contributed by atoms with van der Waals surface area (Å²) in [5, 5.41) is 0. The molecule has 0 saturated heterocycles. The maximum atomic E-state index is 6.10. The van der Waals surface area contributed by atoms with Crippen molar-refractivity contribution >= 4 is 11.8 Å². The van der Waals surface area contributed by atoms with Gasteiger partial charge in [0, 0.05) is 10.9 Å². The van der Waals surface area contributed by atoms with Crippen LogP contribution in [0.25, 0.3) is 0 Å². The highest BCUT2D eigenvalue weighted by atomic mass is 32.2. The fourth-order valence-electron chi connectivity index (χ4n) is 1.30. The Hall–Kier alpha value is -0.470. The lowest BCUT2D eigenvalue weighted by Crippen LogP contribution is -2.17. The fraction of sp³-hybridized carbons (Fsp3) is 0.455. The lowest BCUT2D eigenvalue weighted by atomic mass is 9.97. The Morgan fingerprint density at radius 3 is 2.38 bits per heavy atom. The second-order valence-electron chi connectivity index (χ2n) is 3.51. The van der Waals surface area contributed by atoms with Gasteiger partial charge in [-0.3, -0.25) is 0 Å². The second-order valence-corrected chi connectivity index (χ2v) is 4.36. The second kappa shape index (κ2) is 4.68. The van der Waals surface area contributed by atoms with Gasteiger partial charge in [0.15, 0.2) is 0 Å². The smallest absolute Gasteiger partial charge is 0.0329 e. The summed E-state index contributed by atoms with van der Waals surface area (Å²) in [5.74, 6) is 0.494. The van der Waals surface area contributed by atoms with E-state index in [1.54, 1.807) is 11.8 Å². The first-order valence-corrected chi connectivity index (χ1v) is 5.77. The van der Waals surface area contributed by atoms with Crippen LogP contribution >= 0.6 is 11.8 Å². The van der Waals surface area contributed by atoms with Crippen molar-refractivity contribution in [3.63, 3.8) is 0 Å². The van der Waals surface area contributed by atoms with Gasteiger partial charge in [0.05, 0.1) is 0 Å². The molecule has 0 aliphatic heterocycles. The van der Waals surface area contributed by atoms with Gasteiger partial charge in [-0.15, -0.1) is 11.8 Å². The van der Waals surface area contributed by atoms with Gasteiger partial charge in [0.25, 0.3) is 0 Å². The topological polar surface area (TPSA) is 26.0 Å². The molecule has 0 fully saturated rings. The first-order chi connectivity index (χ1) is 6.16. The van der Waals surface area contributed by atoms with Crippen LogP contribution in [-0.4, -0.2) is 6.26 Å². The molecule has 0 saturated carbocycles. The minimum atomic E-state index is 0.156. The molecule has 0 aliphatic carbocycles. The van der Waals surface area contributed by atoms with Crippen LogP contribution < -0.4 is 5.73 Å². The monoisotopic (exact) mass is 195 g/mol. The minimum absolute atomic E-state index is 0.156. The van der Waals surface area contributed by atoms with E-state index in [0.29, 0.717) is 5.92 Å². The molecule has 1 atom stereocenters. The predicted molar refractivity (Wildman–Crippen MR) is 60.0 cm³/mol. The summed E-state index contributed by atoms with van der Waals surface area (Å²) in [5.41, 5.74) is 7.37. The lowest BCUT2D eigenvalue weighted by Gasteiger charge is -2.18. The molecule has 72 valence electrons. The molecule has 1 aromatic rings. The largest absolute Gasteiger partial charge is 0.324 e. The molecule has 0 radical (unpaired) electrons. The van der Waals surface area contributed by atoms with Crippen molar-refractivity contribution in [2.75, 3.05) is 6.26 Å². The molecule has 1 rings (SSSR count). The van der Waals surface area contributed by atoms with Gasteiger partial charge in [-0.05, 0) is 23.8 Å². The van der Waals surface area contributed by atoms with Crippen LogP contribution in [0.1, 0.15) is 25.5 Å². The molecule has 1 nitrogen and oxygen atoms in total. The number of benzene rings is 1. The van der Waals surface area contributed by atoms with Crippen molar-refractivity contribution in [3.8, 4) is 0 Å². The van der Waals surface area contributed by atoms with Gasteiger partial charge in [0.1, 0.15) is 0 Å². The first kappa shape index (κ1) is 10.6. The van der Waals surface area contributed by atoms with E-state index in [1.807, 2.05) is 0 Å². The van der Waals surface area contributed by atoms with E-state index in [-0.39, 0.29) is 6.04 Å². The molecule has 13 heavy (non-hydrogen) atoms. The molecule has 2 N–H and O–H groups in total. The van der Waals surface area contributed by atoms with Crippen LogP contribution in [0, 0.1) is 5.92 Å². The van der Waals surface area contributed by atoms with Gasteiger partial charge < -0.3 is 5.73 Å². The normalized spacial score (nSPS) is 13.3. The Morgan fingerprint density at radius 2 is 1.85 bits per heavy atom. The molecule has 0 unspecified atom stereocenters. The Morgan fingerprint density at radius 1 is 1.23 bits per heavy atom. The van der Waals surface area contributed by atoms with E-state index >= 15 is 0 Å². The first-order valence-electron chi connectivity index (χ1n) is 4.55. The molecule has 0 bridgehead atoms. The Labute approximate surface area is 84.7 Å². The zero-order chi connectivity index (χ0) is 9.84. The third kappa shape index (κ3) is 2.48. The van der Waals surface area contributed by atoms with E-state index in [2.05, 4.69) is 44.4 Å². The highest BCUT2D eigenvalue weighted by Gasteiger charge is 2.12. The standard InChI is InChI=1S/C11H17NS/c1-8(2)11(12)9-6-4-5-7-10(9)13-3/h4-8,11H,12H2,1-3H3/t11-/m0/s1. The van der Waals surface area contributed by atoms with Gasteiger partial charge in [-0.1, -0.05) is 32.0 Å². The van der Waals surface area contributed by atoms with Crippen molar-refractivity contribution in [1.29, 1.82) is 0 Å². The molecule has 0 spiro atoms. The summed E-state index contributed by atoms with van der Waals surface area (Å²) in [6.07, 6.45) is 2.09. The summed E-state index contributed by atoms with van der Waals surface area (Å²) in [6, 6.07) is 8.52. The summed E-state index contributed by atoms with van der Waals surface area (Å²) in [4.78, 5) is 1.30. The number of hydrogen-bond acceptors (Lipinski definition) is 2. The van der Waals surface area contributed by atoms with E-state index in [4.69, 9.17) is 5.73 Å². The Bertz CT molecular complexity index is 271. The van der Waals surface area contributed by atoms with Crippen molar-refractivity contribution in [1.82, 2.24) is 0 Å². The summed E-state index contributed by atoms with van der Waals surface area (Å²) in [7, 11) is 0. The molecule has 0 aromatic heterocycles. The highest BCUT2D eigenvalue weighted by molar-refractivity contribution is 7.98. The third-order valence-electron chi connectivity index (χ3n) is 2.22. The average molecular weight is 195 g/mol. The molecule has 2 heteroatoms. The predicted octanol–water partition coefficient (Wildman–Crippen LogP) is 3.06. The minimum Gasteiger partial charge on any atom is -0.324 e. The number of nitrogens with two attached hydrogens (primary N) is 1. The molecular formula is C11H17NS. The van der Waals surface area contributed by atoms with Crippen molar-refractivity contribution in [2.24, 2.45) is 11.7 Å². The van der Waals surface area contributed by atoms with Crippen LogP contribution in [-0.2, 0) is 0 Å². The maximum Gasteiger partial charge on any atom is 0.0329 e. The van der Waals surface area contributed by atoms with Gasteiger partial charge in [-0.25, -0.2) is 0 Å². The average Bonchev–Trinajstić information content (AvgIpc) is 2.16. The summed E-state index contributed by atoms with van der Waals surface area (Å²) < 4.78 is 0. The van der Waals surface area contributed by atoms with E-state index in [0.717, 1.165) is 0 Å². The maximum absolute atomic E-state index is 6.10. The highest BCUT2D eigenvalue weighted by Crippen LogP contribution is 2.28. The van der Waals surface area contributed by atoms with E-state index < -0.39 is 0 Å². The van der Waals surface area contributed by atoms with Crippen molar-refractivity contribution in [2.45, 2.75) is 24.8 Å². The molecule has 0 aliphatic rings. The zero-order valence-electron chi connectivity index (χ0n) is 8.45. The van der Waals surface area contributed by atoms with Crippen LogP contribution in [0.3, 0.4) is 0 Å². The quantitative estimate of drug-likeness (QED) is 0.750. The van der Waals surface area contributed by atoms with Gasteiger partial charge in [-0.2, -0.15) is 0 Å². The molecule has 0 heterocycles. The molecule has 0 amide bonds. The van der Waals surface area contributed by atoms with E-state index in [1.165, 1.54) is 10.5 Å². The van der Waals surface area contributed by atoms with Crippen LogP contribution in [0.5, 0.6) is 0 Å². The lowest BCUT2D eigenvalue weighted by molar-refractivity contribution is 0.508. The summed E-state index contributed by atoms with van der Waals surface area (Å²) in [6.45, 7) is 4.31. The zero-order valence-corrected chi connectivity index (χ0v) is 9.27. The molecular weight excluding hydrogens is 178 g/mol. The van der Waals surface area contributed by atoms with Gasteiger partial charge >= 0.3 is 0 Å². The van der Waals surface area contributed by atoms with Crippen LogP contribution in [0.4, 0.5) is 0 Å². The number of thioether (sulfide) groups is 1. The van der Waals surface area contributed by atoms with E-state index in [9.17, 15) is 0 Å². The Balaban J connectivity index is 2.98. The van der Waals surface area contributed by atoms with Crippen LogP contribution in [0.15, 0.2) is 29.2 Å². The summed E-state index contributed by atoms with van der Waals surface area (Å²) >= 11 is 1.76. The third-order valence-corrected chi connectivity index (χ3v) is 3.03. The Kier molecular flexibility index (Phi) is 3.82. The van der Waals surface area contributed by atoms with Crippen molar-refractivity contribution < 1.29 is 0 Å². The number of rotatable bonds is 3. The number of hydrogen-bond donors (Lipinski definition) is 1. The van der Waals surface area contributed by atoms with Crippen molar-refractivity contribution in [3.05, 3.63) is 29.8 Å².